The average Bonchev–Trinajstić information content (AvgIpc) is 3.11. The van der Waals surface area contributed by atoms with Crippen LogP contribution in [0, 0.1) is 5.41 Å². The van der Waals surface area contributed by atoms with Crippen LogP contribution in [0.25, 0.3) is 0 Å². The number of hydrogen-bond donors (Lipinski definition) is 3. The fourth-order valence-electron chi connectivity index (χ4n) is 4.05. The van der Waals surface area contributed by atoms with E-state index in [-0.39, 0.29) is 24.3 Å². The highest BCUT2D eigenvalue weighted by atomic mass is 16.5. The van der Waals surface area contributed by atoms with Crippen molar-refractivity contribution >= 4 is 17.8 Å². The number of nitrogens with zero attached hydrogens (tertiary/aromatic N) is 1. The molecule has 1 aliphatic heterocycles. The van der Waals surface area contributed by atoms with Crippen LogP contribution in [0.4, 0.5) is 0 Å². The van der Waals surface area contributed by atoms with Gasteiger partial charge in [-0.25, -0.2) is 0 Å². The molecule has 33 heavy (non-hydrogen) atoms. The number of ether oxygens (including phenoxy) is 1. The molecule has 7 nitrogen and oxygen atoms in total. The first-order valence-electron chi connectivity index (χ1n) is 10.7. The molecule has 0 spiro atoms. The molecule has 4 rings (SSSR count). The Morgan fingerprint density at radius 1 is 1.00 bits per heavy atom. The number of guanidine groups is 1. The zero-order chi connectivity index (χ0) is 23.3. The number of methoxy groups -OCH3 is 1. The Morgan fingerprint density at radius 3 is 2.24 bits per heavy atom. The lowest BCUT2D eigenvalue weighted by Gasteiger charge is -2.28. The van der Waals surface area contributed by atoms with Crippen LogP contribution in [-0.2, 0) is 21.6 Å². The second kappa shape index (κ2) is 9.67. The van der Waals surface area contributed by atoms with Gasteiger partial charge in [0.15, 0.2) is 11.5 Å². The number of hydrogen-bond acceptors (Lipinski definition) is 4. The Bertz CT molecular complexity index is 1110. The predicted molar refractivity (Wildman–Crippen MR) is 126 cm³/mol. The van der Waals surface area contributed by atoms with Gasteiger partial charge in [-0.15, -0.1) is 0 Å². The molecule has 0 aliphatic carbocycles. The van der Waals surface area contributed by atoms with Crippen LogP contribution >= 0.6 is 0 Å². The van der Waals surface area contributed by atoms with Gasteiger partial charge in [-0.1, -0.05) is 72.8 Å². The Labute approximate surface area is 192 Å². The van der Waals surface area contributed by atoms with Crippen LogP contribution in [0.2, 0.25) is 0 Å². The second-order valence-electron chi connectivity index (χ2n) is 7.80. The SMILES string of the molecule is COCCNC(=O)c1cccc(CN2C(=N)NC(c3ccccc3)(c3ccccc3)C2=O)c1. The molecule has 7 heteroatoms. The maximum Gasteiger partial charge on any atom is 0.264 e. The summed E-state index contributed by atoms with van der Waals surface area (Å²) in [5.74, 6) is -0.430. The van der Waals surface area contributed by atoms with Gasteiger partial charge in [0, 0.05) is 19.2 Å². The largest absolute Gasteiger partial charge is 0.383 e. The molecular formula is C26H26N4O3. The molecule has 1 aliphatic rings. The first-order valence-corrected chi connectivity index (χ1v) is 10.7. The first kappa shape index (κ1) is 22.2. The number of carbonyl (C=O) groups is 2. The van der Waals surface area contributed by atoms with Crippen molar-refractivity contribution in [2.45, 2.75) is 12.1 Å². The summed E-state index contributed by atoms with van der Waals surface area (Å²) in [6.07, 6.45) is 0. The van der Waals surface area contributed by atoms with E-state index in [1.165, 1.54) is 4.90 Å². The van der Waals surface area contributed by atoms with Crippen molar-refractivity contribution in [3.8, 4) is 0 Å². The molecule has 0 atom stereocenters. The molecule has 0 unspecified atom stereocenters. The van der Waals surface area contributed by atoms with E-state index in [4.69, 9.17) is 10.1 Å². The zero-order valence-electron chi connectivity index (χ0n) is 18.4. The summed E-state index contributed by atoms with van der Waals surface area (Å²) in [5.41, 5.74) is 1.59. The quantitative estimate of drug-likeness (QED) is 0.468. The molecule has 0 saturated carbocycles. The topological polar surface area (TPSA) is 94.5 Å². The Balaban J connectivity index is 1.63. The van der Waals surface area contributed by atoms with E-state index in [0.717, 1.165) is 16.7 Å². The summed E-state index contributed by atoms with van der Waals surface area (Å²) in [7, 11) is 1.58. The summed E-state index contributed by atoms with van der Waals surface area (Å²) in [6, 6.07) is 26.0. The van der Waals surface area contributed by atoms with E-state index in [1.54, 1.807) is 25.3 Å². The van der Waals surface area contributed by atoms with Crippen molar-refractivity contribution in [3.05, 3.63) is 107 Å². The molecule has 2 amide bonds. The number of nitrogens with one attached hydrogen (secondary N) is 3. The minimum Gasteiger partial charge on any atom is -0.383 e. The van der Waals surface area contributed by atoms with Crippen molar-refractivity contribution in [2.24, 2.45) is 0 Å². The number of rotatable bonds is 8. The Kier molecular flexibility index (Phi) is 6.51. The molecule has 1 heterocycles. The fraction of sp³-hybridized carbons (Fsp3) is 0.192. The third-order valence-corrected chi connectivity index (χ3v) is 5.68. The lowest BCUT2D eigenvalue weighted by atomic mass is 9.82. The van der Waals surface area contributed by atoms with Gasteiger partial charge in [-0.05, 0) is 28.8 Å². The molecule has 3 N–H and O–H groups in total. The van der Waals surface area contributed by atoms with Crippen LogP contribution in [0.3, 0.4) is 0 Å². The van der Waals surface area contributed by atoms with Crippen molar-refractivity contribution in [3.63, 3.8) is 0 Å². The van der Waals surface area contributed by atoms with Crippen molar-refractivity contribution < 1.29 is 14.3 Å². The van der Waals surface area contributed by atoms with Gasteiger partial charge in [-0.3, -0.25) is 19.9 Å². The Morgan fingerprint density at radius 2 is 1.64 bits per heavy atom. The van der Waals surface area contributed by atoms with E-state index >= 15 is 0 Å². The smallest absolute Gasteiger partial charge is 0.264 e. The van der Waals surface area contributed by atoms with Gasteiger partial charge in [0.1, 0.15) is 0 Å². The third kappa shape index (κ3) is 4.36. The maximum absolute atomic E-state index is 13.9. The van der Waals surface area contributed by atoms with E-state index in [0.29, 0.717) is 18.7 Å². The van der Waals surface area contributed by atoms with Crippen LogP contribution < -0.4 is 10.6 Å². The highest BCUT2D eigenvalue weighted by Gasteiger charge is 2.52. The van der Waals surface area contributed by atoms with Crippen molar-refractivity contribution in [1.82, 2.24) is 15.5 Å². The van der Waals surface area contributed by atoms with Gasteiger partial charge >= 0.3 is 0 Å². The second-order valence-corrected chi connectivity index (χ2v) is 7.80. The molecule has 3 aromatic carbocycles. The average molecular weight is 443 g/mol. The van der Waals surface area contributed by atoms with Crippen LogP contribution in [0.1, 0.15) is 27.0 Å². The van der Waals surface area contributed by atoms with Gasteiger partial charge in [0.05, 0.1) is 13.2 Å². The standard InChI is InChI=1S/C26H26N4O3/c1-33-16-15-28-23(31)20-10-8-9-19(17-20)18-30-24(32)26(29-25(30)27,21-11-4-2-5-12-21)22-13-6-3-7-14-22/h2-14,17H,15-16,18H2,1H3,(H2,27,29)(H,28,31). The molecular weight excluding hydrogens is 416 g/mol. The maximum atomic E-state index is 13.9. The van der Waals surface area contributed by atoms with Gasteiger partial charge in [-0.2, -0.15) is 0 Å². The summed E-state index contributed by atoms with van der Waals surface area (Å²) >= 11 is 0. The molecule has 0 aromatic heterocycles. The third-order valence-electron chi connectivity index (χ3n) is 5.68. The van der Waals surface area contributed by atoms with Gasteiger partial charge in [0.2, 0.25) is 0 Å². The molecule has 1 saturated heterocycles. The predicted octanol–water partition coefficient (Wildman–Crippen LogP) is 2.87. The van der Waals surface area contributed by atoms with Crippen LogP contribution in [0.15, 0.2) is 84.9 Å². The van der Waals surface area contributed by atoms with Crippen LogP contribution in [-0.4, -0.2) is 42.9 Å². The molecule has 0 radical (unpaired) electrons. The Hall–Kier alpha value is -3.97. The summed E-state index contributed by atoms with van der Waals surface area (Å²) < 4.78 is 4.97. The lowest BCUT2D eigenvalue weighted by molar-refractivity contribution is -0.130. The molecule has 1 fully saturated rings. The highest BCUT2D eigenvalue weighted by molar-refractivity contribution is 6.10. The van der Waals surface area contributed by atoms with Gasteiger partial charge in [0.25, 0.3) is 11.8 Å². The highest BCUT2D eigenvalue weighted by Crippen LogP contribution is 2.36. The van der Waals surface area contributed by atoms with Crippen LogP contribution in [0.5, 0.6) is 0 Å². The molecule has 168 valence electrons. The van der Waals surface area contributed by atoms with Crippen molar-refractivity contribution in [1.29, 1.82) is 5.41 Å². The lowest BCUT2D eigenvalue weighted by Crippen LogP contribution is -2.45. The molecule has 3 aromatic rings. The first-order chi connectivity index (χ1) is 16.1. The normalized spacial score (nSPS) is 14.8. The van der Waals surface area contributed by atoms with Gasteiger partial charge < -0.3 is 15.4 Å². The van der Waals surface area contributed by atoms with E-state index in [2.05, 4.69) is 10.6 Å². The monoisotopic (exact) mass is 442 g/mol. The summed E-state index contributed by atoms with van der Waals surface area (Å²) in [6.45, 7) is 1.01. The van der Waals surface area contributed by atoms with E-state index < -0.39 is 5.54 Å². The minimum atomic E-state index is -1.19. The minimum absolute atomic E-state index is 0.0163. The number of amides is 2. The number of carbonyl (C=O) groups excluding carboxylic acids is 2. The van der Waals surface area contributed by atoms with E-state index in [1.807, 2.05) is 66.7 Å². The fourth-order valence-corrected chi connectivity index (χ4v) is 4.05. The zero-order valence-corrected chi connectivity index (χ0v) is 18.4. The summed E-state index contributed by atoms with van der Waals surface area (Å²) in [5, 5.41) is 14.5. The van der Waals surface area contributed by atoms with E-state index in [9.17, 15) is 9.59 Å². The molecule has 0 bridgehead atoms. The summed E-state index contributed by atoms with van der Waals surface area (Å²) in [4.78, 5) is 27.7. The van der Waals surface area contributed by atoms with Crippen molar-refractivity contribution in [2.75, 3.05) is 20.3 Å². The number of benzene rings is 3.